The summed E-state index contributed by atoms with van der Waals surface area (Å²) in [5.74, 6) is 0. The molecule has 26 heavy (non-hydrogen) atoms. The van der Waals surface area contributed by atoms with Crippen LogP contribution in [0.2, 0.25) is 0 Å². The molecule has 0 aromatic heterocycles. The van der Waals surface area contributed by atoms with Crippen LogP contribution in [0.5, 0.6) is 0 Å². The van der Waals surface area contributed by atoms with Crippen LogP contribution in [0.1, 0.15) is 55.5 Å². The zero-order valence-electron chi connectivity index (χ0n) is 17.4. The molecule has 0 unspecified atom stereocenters. The van der Waals surface area contributed by atoms with E-state index in [1.807, 2.05) is 13.8 Å². The number of allylic oxidation sites excluding steroid dienone is 1. The van der Waals surface area contributed by atoms with Gasteiger partial charge in [0.15, 0.2) is 0 Å². The van der Waals surface area contributed by atoms with E-state index in [-0.39, 0.29) is 0 Å². The number of fused-ring (bicyclic) bond motifs is 1. The Hall–Kier alpha value is -2.34. The lowest BCUT2D eigenvalue weighted by Gasteiger charge is -2.19. The summed E-state index contributed by atoms with van der Waals surface area (Å²) in [5, 5.41) is 2.72. The Morgan fingerprint density at radius 1 is 0.846 bits per heavy atom. The Bertz CT molecular complexity index is 926. The number of rotatable bonds is 3. The van der Waals surface area contributed by atoms with E-state index in [1.54, 1.807) is 0 Å². The summed E-state index contributed by atoms with van der Waals surface area (Å²) in [6.45, 7) is 15.0. The molecular weight excluding hydrogens is 312 g/mol. The Morgan fingerprint density at radius 3 is 2.12 bits per heavy atom. The second-order valence-corrected chi connectivity index (χ2v) is 6.60. The average molecular weight is 345 g/mol. The fraction of sp³-hybridized carbons (Fsp3) is 0.308. The summed E-state index contributed by atoms with van der Waals surface area (Å²) >= 11 is 0. The van der Waals surface area contributed by atoms with Crippen molar-refractivity contribution in [3.05, 3.63) is 76.4 Å². The molecule has 0 atom stereocenters. The number of aryl methyl sites for hydroxylation is 4. The van der Waals surface area contributed by atoms with E-state index >= 15 is 0 Å². The minimum atomic E-state index is 1.05. The van der Waals surface area contributed by atoms with E-state index in [0.717, 1.165) is 6.42 Å². The maximum absolute atomic E-state index is 2.37. The van der Waals surface area contributed by atoms with Gasteiger partial charge in [0.2, 0.25) is 0 Å². The molecule has 0 heterocycles. The van der Waals surface area contributed by atoms with Gasteiger partial charge in [-0.05, 0) is 83.8 Å². The normalized spacial score (nSPS) is 10.9. The van der Waals surface area contributed by atoms with Gasteiger partial charge in [-0.3, -0.25) is 0 Å². The van der Waals surface area contributed by atoms with E-state index in [0.29, 0.717) is 0 Å². The molecule has 0 saturated heterocycles. The summed E-state index contributed by atoms with van der Waals surface area (Å²) in [4.78, 5) is 0. The summed E-state index contributed by atoms with van der Waals surface area (Å²) in [5.41, 5.74) is 9.62. The predicted molar refractivity (Wildman–Crippen MR) is 119 cm³/mol. The molecule has 0 aliphatic heterocycles. The number of hydrogen-bond acceptors (Lipinski definition) is 0. The van der Waals surface area contributed by atoms with Gasteiger partial charge in [0, 0.05) is 0 Å². The first kappa shape index (κ1) is 20.0. The summed E-state index contributed by atoms with van der Waals surface area (Å²) in [6, 6.07) is 15.7. The highest BCUT2D eigenvalue weighted by Crippen LogP contribution is 2.37. The van der Waals surface area contributed by atoms with Gasteiger partial charge >= 0.3 is 0 Å². The van der Waals surface area contributed by atoms with E-state index < -0.39 is 0 Å². The van der Waals surface area contributed by atoms with E-state index in [4.69, 9.17) is 0 Å². The Labute approximate surface area is 159 Å². The van der Waals surface area contributed by atoms with Crippen LogP contribution in [0.15, 0.2) is 48.5 Å². The van der Waals surface area contributed by atoms with Crippen molar-refractivity contribution < 1.29 is 0 Å². The summed E-state index contributed by atoms with van der Waals surface area (Å²) in [7, 11) is 0. The van der Waals surface area contributed by atoms with Crippen LogP contribution in [0.3, 0.4) is 0 Å². The van der Waals surface area contributed by atoms with Crippen LogP contribution in [0.4, 0.5) is 0 Å². The molecule has 0 saturated carbocycles. The zero-order valence-corrected chi connectivity index (χ0v) is 17.4. The Balaban J connectivity index is 0.00000117. The third-order valence-electron chi connectivity index (χ3n) is 5.05. The van der Waals surface area contributed by atoms with E-state index in [1.165, 1.54) is 49.7 Å². The lowest BCUT2D eigenvalue weighted by molar-refractivity contribution is 1.13. The predicted octanol–water partition coefficient (Wildman–Crippen LogP) is 8.05. The van der Waals surface area contributed by atoms with Crippen molar-refractivity contribution in [2.75, 3.05) is 0 Å². The number of hydrogen-bond donors (Lipinski definition) is 0. The first-order chi connectivity index (χ1) is 12.6. The highest BCUT2D eigenvalue weighted by molar-refractivity contribution is 5.96. The molecule has 0 aliphatic rings. The van der Waals surface area contributed by atoms with Crippen LogP contribution in [0.25, 0.3) is 28.0 Å². The van der Waals surface area contributed by atoms with Gasteiger partial charge in [-0.2, -0.15) is 0 Å². The van der Waals surface area contributed by atoms with Crippen molar-refractivity contribution in [2.45, 2.75) is 54.9 Å². The monoisotopic (exact) mass is 344 g/mol. The fourth-order valence-electron chi connectivity index (χ4n) is 3.72. The van der Waals surface area contributed by atoms with Gasteiger partial charge in [0.05, 0.1) is 0 Å². The highest BCUT2D eigenvalue weighted by Gasteiger charge is 2.15. The standard InChI is InChI=1S/C24H26.C2H6/c1-6-10-21-16(3)13-14-19(7-2)24(21)23-15-17(4)20-11-8-9-12-22(20)18(23)5;1-2/h6,8-15H,7H2,1-5H3;1-2H3/b10-6-;. The topological polar surface area (TPSA) is 0 Å². The lowest BCUT2D eigenvalue weighted by Crippen LogP contribution is -1.98. The smallest absolute Gasteiger partial charge is 0.00739 e. The third-order valence-corrected chi connectivity index (χ3v) is 5.05. The van der Waals surface area contributed by atoms with Crippen molar-refractivity contribution in [3.8, 4) is 11.1 Å². The molecule has 0 bridgehead atoms. The molecular formula is C26H32. The largest absolute Gasteiger partial charge is 0.0870 e. The molecule has 0 spiro atoms. The quantitative estimate of drug-likeness (QED) is 0.451. The minimum Gasteiger partial charge on any atom is -0.0870 e. The second kappa shape index (κ2) is 8.85. The lowest BCUT2D eigenvalue weighted by atomic mass is 9.85. The van der Waals surface area contributed by atoms with Crippen LogP contribution >= 0.6 is 0 Å². The first-order valence-electron chi connectivity index (χ1n) is 9.83. The van der Waals surface area contributed by atoms with Gasteiger partial charge in [-0.25, -0.2) is 0 Å². The summed E-state index contributed by atoms with van der Waals surface area (Å²) in [6.07, 6.45) is 5.45. The van der Waals surface area contributed by atoms with Crippen molar-refractivity contribution in [3.63, 3.8) is 0 Å². The zero-order chi connectivity index (χ0) is 19.3. The minimum absolute atomic E-state index is 1.05. The number of benzene rings is 3. The van der Waals surface area contributed by atoms with Gasteiger partial charge in [-0.1, -0.05) is 75.4 Å². The van der Waals surface area contributed by atoms with Crippen molar-refractivity contribution in [1.82, 2.24) is 0 Å². The molecule has 0 N–H and O–H groups in total. The van der Waals surface area contributed by atoms with E-state index in [2.05, 4.69) is 89.2 Å². The third kappa shape index (κ3) is 3.60. The molecule has 0 radical (unpaired) electrons. The SMILES string of the molecule is C/C=C\c1c(C)ccc(CC)c1-c1cc(C)c2ccccc2c1C.CC. The maximum atomic E-state index is 2.37. The maximum Gasteiger partial charge on any atom is -0.00739 e. The summed E-state index contributed by atoms with van der Waals surface area (Å²) < 4.78 is 0. The van der Waals surface area contributed by atoms with Gasteiger partial charge in [0.1, 0.15) is 0 Å². The molecule has 0 heteroatoms. The molecule has 136 valence electrons. The van der Waals surface area contributed by atoms with Gasteiger partial charge in [-0.15, -0.1) is 0 Å². The Morgan fingerprint density at radius 2 is 1.50 bits per heavy atom. The van der Waals surface area contributed by atoms with Crippen molar-refractivity contribution >= 4 is 16.8 Å². The van der Waals surface area contributed by atoms with Crippen LogP contribution in [-0.2, 0) is 6.42 Å². The first-order valence-corrected chi connectivity index (χ1v) is 9.83. The highest BCUT2D eigenvalue weighted by atomic mass is 14.2. The molecule has 0 amide bonds. The average Bonchev–Trinajstić information content (AvgIpc) is 2.68. The molecule has 0 nitrogen and oxygen atoms in total. The van der Waals surface area contributed by atoms with Crippen LogP contribution in [0, 0.1) is 20.8 Å². The van der Waals surface area contributed by atoms with Crippen molar-refractivity contribution in [2.24, 2.45) is 0 Å². The fourth-order valence-corrected chi connectivity index (χ4v) is 3.72. The van der Waals surface area contributed by atoms with Gasteiger partial charge < -0.3 is 0 Å². The van der Waals surface area contributed by atoms with Crippen LogP contribution in [-0.4, -0.2) is 0 Å². The van der Waals surface area contributed by atoms with Crippen molar-refractivity contribution in [1.29, 1.82) is 0 Å². The van der Waals surface area contributed by atoms with Crippen LogP contribution < -0.4 is 0 Å². The molecule has 0 fully saturated rings. The molecule has 3 aromatic rings. The Kier molecular flexibility index (Phi) is 6.80. The molecule has 0 aliphatic carbocycles. The second-order valence-electron chi connectivity index (χ2n) is 6.60. The molecule has 3 rings (SSSR count). The van der Waals surface area contributed by atoms with E-state index in [9.17, 15) is 0 Å². The van der Waals surface area contributed by atoms with Gasteiger partial charge in [0.25, 0.3) is 0 Å². The molecule has 3 aromatic carbocycles.